The van der Waals surface area contributed by atoms with E-state index in [0.717, 1.165) is 31.9 Å². The molecule has 3 fully saturated rings. The SMILES string of the molecule is CC(C)(C)C(=O)Nc1ccc(C(=O)N/N=C\[C@@H]2C(=O)NC(=O)N([C@@H]3C[C@H]4CC[C@H]3C4)C2=O)cc1. The molecule has 4 atom stereocenters. The van der Waals surface area contributed by atoms with Gasteiger partial charge >= 0.3 is 6.03 Å². The Morgan fingerprint density at radius 1 is 1.09 bits per heavy atom. The standard InChI is InChI=1S/C24H29N5O5/c1-24(2,3)22(33)26-16-8-6-14(7-9-16)19(30)28-25-12-17-20(31)27-23(34)29(21(17)32)18-11-13-4-5-15(18)10-13/h6-9,12-13,15,17-18H,4-5,10-11H2,1-3H3,(H,26,33)(H,28,30)(H,27,31,34)/b25-12-/t13-,15-,17+,18+/m0/s1. The Morgan fingerprint density at radius 3 is 2.38 bits per heavy atom. The van der Waals surface area contributed by atoms with Crippen LogP contribution in [0.25, 0.3) is 0 Å². The van der Waals surface area contributed by atoms with E-state index in [1.807, 2.05) is 0 Å². The van der Waals surface area contributed by atoms with Crippen LogP contribution in [0.15, 0.2) is 29.4 Å². The van der Waals surface area contributed by atoms with Crippen LogP contribution in [0.1, 0.15) is 56.8 Å². The lowest BCUT2D eigenvalue weighted by molar-refractivity contribution is -0.141. The van der Waals surface area contributed by atoms with Gasteiger partial charge in [0, 0.05) is 28.9 Å². The molecule has 2 saturated carbocycles. The lowest BCUT2D eigenvalue weighted by Gasteiger charge is -2.36. The van der Waals surface area contributed by atoms with Gasteiger partial charge in [0.15, 0.2) is 5.92 Å². The molecule has 10 heteroatoms. The molecule has 0 radical (unpaired) electrons. The molecule has 3 N–H and O–H groups in total. The Labute approximate surface area is 197 Å². The van der Waals surface area contributed by atoms with E-state index in [2.05, 4.69) is 21.2 Å². The molecule has 0 unspecified atom stereocenters. The second-order valence-corrected chi connectivity index (χ2v) is 10.2. The molecule has 1 aromatic carbocycles. The van der Waals surface area contributed by atoms with Gasteiger partial charge < -0.3 is 5.32 Å². The number of carbonyl (C=O) groups excluding carboxylic acids is 5. The van der Waals surface area contributed by atoms with E-state index in [-0.39, 0.29) is 23.4 Å². The van der Waals surface area contributed by atoms with E-state index in [0.29, 0.717) is 11.6 Å². The second kappa shape index (κ2) is 9.00. The minimum absolute atomic E-state index is 0.150. The summed E-state index contributed by atoms with van der Waals surface area (Å²) in [4.78, 5) is 63.2. The average Bonchev–Trinajstić information content (AvgIpc) is 3.39. The Hall–Kier alpha value is -3.56. The van der Waals surface area contributed by atoms with Gasteiger partial charge in [-0.25, -0.2) is 10.2 Å². The highest BCUT2D eigenvalue weighted by Crippen LogP contribution is 2.47. The molecule has 1 aromatic rings. The van der Waals surface area contributed by atoms with Crippen LogP contribution in [0.2, 0.25) is 0 Å². The normalized spacial score (nSPS) is 26.7. The summed E-state index contributed by atoms with van der Waals surface area (Å²) >= 11 is 0. The fraction of sp³-hybridized carbons (Fsp3) is 0.500. The van der Waals surface area contributed by atoms with Crippen molar-refractivity contribution in [2.24, 2.45) is 28.3 Å². The van der Waals surface area contributed by atoms with E-state index < -0.39 is 35.1 Å². The molecule has 34 heavy (non-hydrogen) atoms. The Morgan fingerprint density at radius 2 is 1.79 bits per heavy atom. The molecule has 2 aliphatic carbocycles. The van der Waals surface area contributed by atoms with E-state index in [1.54, 1.807) is 32.9 Å². The van der Waals surface area contributed by atoms with Crippen molar-refractivity contribution in [3.63, 3.8) is 0 Å². The third-order valence-electron chi connectivity index (χ3n) is 6.74. The van der Waals surface area contributed by atoms with Crippen LogP contribution in [0.3, 0.4) is 0 Å². The molecule has 3 aliphatic rings. The third-order valence-corrected chi connectivity index (χ3v) is 6.74. The monoisotopic (exact) mass is 467 g/mol. The number of anilines is 1. The minimum atomic E-state index is -1.29. The maximum absolute atomic E-state index is 13.0. The number of hydrazone groups is 1. The summed E-state index contributed by atoms with van der Waals surface area (Å²) in [6.45, 7) is 5.39. The average molecular weight is 468 g/mol. The highest BCUT2D eigenvalue weighted by atomic mass is 16.2. The summed E-state index contributed by atoms with van der Waals surface area (Å²) in [5.41, 5.74) is 2.58. The first-order valence-electron chi connectivity index (χ1n) is 11.5. The molecule has 1 heterocycles. The molecule has 2 bridgehead atoms. The van der Waals surface area contributed by atoms with E-state index in [4.69, 9.17) is 0 Å². The Bertz CT molecular complexity index is 1060. The number of carbonyl (C=O) groups is 5. The predicted octanol–water partition coefficient (Wildman–Crippen LogP) is 2.27. The van der Waals surface area contributed by atoms with Gasteiger partial charge in [0.25, 0.3) is 5.91 Å². The Balaban J connectivity index is 1.37. The van der Waals surface area contributed by atoms with E-state index >= 15 is 0 Å². The molecule has 180 valence electrons. The van der Waals surface area contributed by atoms with Gasteiger partial charge in [-0.3, -0.25) is 29.4 Å². The van der Waals surface area contributed by atoms with Crippen LogP contribution in [0.5, 0.6) is 0 Å². The summed E-state index contributed by atoms with van der Waals surface area (Å²) in [5, 5.41) is 8.80. The molecule has 10 nitrogen and oxygen atoms in total. The maximum Gasteiger partial charge on any atom is 0.331 e. The van der Waals surface area contributed by atoms with Crippen LogP contribution >= 0.6 is 0 Å². The van der Waals surface area contributed by atoms with Crippen molar-refractivity contribution >= 4 is 41.6 Å². The van der Waals surface area contributed by atoms with Crippen molar-refractivity contribution < 1.29 is 24.0 Å². The lowest BCUT2D eigenvalue weighted by atomic mass is 9.92. The Kier molecular flexibility index (Phi) is 6.24. The number of barbiturate groups is 1. The summed E-state index contributed by atoms with van der Waals surface area (Å²) in [7, 11) is 0. The second-order valence-electron chi connectivity index (χ2n) is 10.2. The topological polar surface area (TPSA) is 137 Å². The number of benzene rings is 1. The summed E-state index contributed by atoms with van der Waals surface area (Å²) in [6, 6.07) is 5.37. The first-order chi connectivity index (χ1) is 16.0. The fourth-order valence-corrected chi connectivity index (χ4v) is 4.84. The zero-order valence-electron chi connectivity index (χ0n) is 19.5. The quantitative estimate of drug-likeness (QED) is 0.347. The van der Waals surface area contributed by atoms with Crippen LogP contribution < -0.4 is 16.1 Å². The van der Waals surface area contributed by atoms with Crippen molar-refractivity contribution in [2.45, 2.75) is 52.5 Å². The van der Waals surface area contributed by atoms with Gasteiger partial charge in [-0.1, -0.05) is 27.2 Å². The number of nitrogens with one attached hydrogen (secondary N) is 3. The number of hydrogen-bond donors (Lipinski definition) is 3. The summed E-state index contributed by atoms with van der Waals surface area (Å²) in [6.07, 6.45) is 4.92. The van der Waals surface area contributed by atoms with Crippen molar-refractivity contribution in [3.8, 4) is 0 Å². The molecule has 4 rings (SSSR count). The van der Waals surface area contributed by atoms with Gasteiger partial charge in [-0.15, -0.1) is 0 Å². The molecule has 6 amide bonds. The fourth-order valence-electron chi connectivity index (χ4n) is 4.84. The van der Waals surface area contributed by atoms with Gasteiger partial charge in [0.1, 0.15) is 0 Å². The van der Waals surface area contributed by atoms with Crippen molar-refractivity contribution in [3.05, 3.63) is 29.8 Å². The summed E-state index contributed by atoms with van der Waals surface area (Å²) in [5.74, 6) is -2.55. The number of nitrogens with zero attached hydrogens (tertiary/aromatic N) is 2. The predicted molar refractivity (Wildman–Crippen MR) is 124 cm³/mol. The number of fused-ring (bicyclic) bond motifs is 2. The number of hydrogen-bond acceptors (Lipinski definition) is 6. The number of rotatable bonds is 5. The number of imide groups is 2. The van der Waals surface area contributed by atoms with Crippen LogP contribution in [0, 0.1) is 23.2 Å². The molecule has 0 spiro atoms. The van der Waals surface area contributed by atoms with Crippen molar-refractivity contribution in [1.82, 2.24) is 15.6 Å². The van der Waals surface area contributed by atoms with Gasteiger partial charge in [-0.05, 0) is 55.4 Å². The van der Waals surface area contributed by atoms with Crippen molar-refractivity contribution in [2.75, 3.05) is 5.32 Å². The first kappa shape index (κ1) is 23.6. The molecular formula is C24H29N5O5. The smallest absolute Gasteiger partial charge is 0.326 e. The van der Waals surface area contributed by atoms with E-state index in [1.165, 1.54) is 17.0 Å². The highest BCUT2D eigenvalue weighted by molar-refractivity contribution is 6.23. The van der Waals surface area contributed by atoms with Crippen molar-refractivity contribution in [1.29, 1.82) is 0 Å². The largest absolute Gasteiger partial charge is 0.331 e. The van der Waals surface area contributed by atoms with Gasteiger partial charge in [0.2, 0.25) is 17.7 Å². The van der Waals surface area contributed by atoms with E-state index in [9.17, 15) is 24.0 Å². The van der Waals surface area contributed by atoms with Crippen LogP contribution in [-0.2, 0) is 14.4 Å². The third kappa shape index (κ3) is 4.71. The molecular weight excluding hydrogens is 438 g/mol. The maximum atomic E-state index is 13.0. The van der Waals surface area contributed by atoms with Crippen LogP contribution in [-0.4, -0.2) is 46.8 Å². The first-order valence-corrected chi connectivity index (χ1v) is 11.5. The van der Waals surface area contributed by atoms with Gasteiger partial charge in [-0.2, -0.15) is 5.10 Å². The highest BCUT2D eigenvalue weighted by Gasteiger charge is 2.50. The number of urea groups is 1. The summed E-state index contributed by atoms with van der Waals surface area (Å²) < 4.78 is 0. The minimum Gasteiger partial charge on any atom is -0.326 e. The van der Waals surface area contributed by atoms with Crippen LogP contribution in [0.4, 0.5) is 10.5 Å². The zero-order chi connectivity index (χ0) is 24.6. The van der Waals surface area contributed by atoms with Gasteiger partial charge in [0.05, 0.1) is 0 Å². The molecule has 0 aromatic heterocycles. The molecule has 1 aliphatic heterocycles. The number of amides is 6. The molecule has 1 saturated heterocycles. The lowest BCUT2D eigenvalue weighted by Crippen LogP contribution is -2.62. The zero-order valence-corrected chi connectivity index (χ0v) is 19.5.